The van der Waals surface area contributed by atoms with Crippen molar-refractivity contribution in [1.82, 2.24) is 14.8 Å². The lowest BCUT2D eigenvalue weighted by Crippen LogP contribution is -2.16. The van der Waals surface area contributed by atoms with Gasteiger partial charge in [-0.15, -0.1) is 21.5 Å². The van der Waals surface area contributed by atoms with Crippen molar-refractivity contribution in [2.45, 2.75) is 63.1 Å². The Balaban J connectivity index is 1.49. The first-order valence-corrected chi connectivity index (χ1v) is 13.1. The molecular formula is C25H27N3O3S2. The molecule has 0 radical (unpaired) electrons. The molecule has 0 amide bonds. The van der Waals surface area contributed by atoms with E-state index in [0.717, 1.165) is 58.4 Å². The van der Waals surface area contributed by atoms with Gasteiger partial charge in [0.25, 0.3) is 0 Å². The third-order valence-corrected chi connectivity index (χ3v) is 7.95. The van der Waals surface area contributed by atoms with Crippen LogP contribution in [0.4, 0.5) is 0 Å². The second kappa shape index (κ2) is 9.44. The molecule has 1 aliphatic rings. The second-order valence-electron chi connectivity index (χ2n) is 8.77. The topological polar surface area (TPSA) is 70.2 Å². The van der Waals surface area contributed by atoms with Crippen molar-refractivity contribution in [3.8, 4) is 10.7 Å². The largest absolute Gasteiger partial charge is 0.423 e. The summed E-state index contributed by atoms with van der Waals surface area (Å²) in [5, 5.41) is 12.9. The Labute approximate surface area is 201 Å². The number of aryl methyl sites for hydroxylation is 1. The van der Waals surface area contributed by atoms with Crippen molar-refractivity contribution in [2.75, 3.05) is 6.61 Å². The second-order valence-corrected chi connectivity index (χ2v) is 10.7. The number of hydrogen-bond donors (Lipinski definition) is 0. The van der Waals surface area contributed by atoms with E-state index in [4.69, 9.17) is 9.15 Å². The van der Waals surface area contributed by atoms with Crippen LogP contribution in [0, 0.1) is 6.92 Å². The Kier molecular flexibility index (Phi) is 6.40. The molecular weight excluding hydrogens is 454 g/mol. The van der Waals surface area contributed by atoms with E-state index in [1.807, 2.05) is 12.1 Å². The van der Waals surface area contributed by atoms with Gasteiger partial charge < -0.3 is 9.15 Å². The zero-order valence-corrected chi connectivity index (χ0v) is 20.7. The maximum atomic E-state index is 12.3. The summed E-state index contributed by atoms with van der Waals surface area (Å²) in [6, 6.07) is 9.86. The van der Waals surface area contributed by atoms with Crippen LogP contribution in [0.15, 0.2) is 50.1 Å². The van der Waals surface area contributed by atoms with Crippen LogP contribution in [0.25, 0.3) is 21.7 Å². The fourth-order valence-electron chi connectivity index (χ4n) is 4.42. The van der Waals surface area contributed by atoms with E-state index in [-0.39, 0.29) is 11.7 Å². The summed E-state index contributed by atoms with van der Waals surface area (Å²) >= 11 is 3.26. The van der Waals surface area contributed by atoms with E-state index in [0.29, 0.717) is 17.3 Å². The zero-order chi connectivity index (χ0) is 22.9. The first-order valence-electron chi connectivity index (χ1n) is 11.3. The van der Waals surface area contributed by atoms with Crippen molar-refractivity contribution in [1.29, 1.82) is 0 Å². The molecule has 172 valence electrons. The van der Waals surface area contributed by atoms with Crippen LogP contribution in [0.3, 0.4) is 0 Å². The lowest BCUT2D eigenvalue weighted by Gasteiger charge is -2.15. The van der Waals surface area contributed by atoms with Gasteiger partial charge in [-0.25, -0.2) is 4.79 Å². The quantitative estimate of drug-likeness (QED) is 0.238. The van der Waals surface area contributed by atoms with Gasteiger partial charge in [0.05, 0.1) is 17.5 Å². The molecule has 1 aromatic carbocycles. The number of nitrogens with zero attached hydrogens (tertiary/aromatic N) is 3. The van der Waals surface area contributed by atoms with Crippen LogP contribution in [0.5, 0.6) is 0 Å². The van der Waals surface area contributed by atoms with Crippen LogP contribution < -0.4 is 5.63 Å². The lowest BCUT2D eigenvalue weighted by molar-refractivity contribution is 0.0953. The van der Waals surface area contributed by atoms with Crippen molar-refractivity contribution < 1.29 is 9.15 Å². The van der Waals surface area contributed by atoms with E-state index >= 15 is 0 Å². The van der Waals surface area contributed by atoms with Gasteiger partial charge >= 0.3 is 5.63 Å². The van der Waals surface area contributed by atoms with Gasteiger partial charge in [0.2, 0.25) is 0 Å². The molecule has 0 aliphatic carbocycles. The predicted octanol–water partition coefficient (Wildman–Crippen LogP) is 6.02. The van der Waals surface area contributed by atoms with Gasteiger partial charge in [-0.3, -0.25) is 4.57 Å². The molecule has 1 fully saturated rings. The first kappa shape index (κ1) is 22.4. The number of thiophene rings is 1. The molecule has 1 aliphatic heterocycles. The summed E-state index contributed by atoms with van der Waals surface area (Å²) < 4.78 is 13.6. The standard InChI is InChI=1S/C25H27N3O3S2/c1-15(2)19-12-20-17(11-23(29)31-21(20)10-16(19)3)14-33-25-27-26-24(22-7-5-9-32-22)28(25)13-18-6-4-8-30-18/h5,7,9-12,15,18H,4,6,8,13-14H2,1-3H3. The SMILES string of the molecule is Cc1cc2oc(=O)cc(CSc3nnc(-c4cccs4)n3CC3CCCO3)c2cc1C(C)C. The number of fused-ring (bicyclic) bond motifs is 1. The van der Waals surface area contributed by atoms with Crippen molar-refractivity contribution in [2.24, 2.45) is 0 Å². The fourth-order valence-corrected chi connectivity index (χ4v) is 6.07. The molecule has 0 spiro atoms. The van der Waals surface area contributed by atoms with Crippen molar-refractivity contribution in [3.63, 3.8) is 0 Å². The molecule has 1 atom stereocenters. The van der Waals surface area contributed by atoms with E-state index in [2.05, 4.69) is 53.0 Å². The number of aromatic nitrogens is 3. The molecule has 5 rings (SSSR count). The zero-order valence-electron chi connectivity index (χ0n) is 19.0. The van der Waals surface area contributed by atoms with Gasteiger partial charge in [0, 0.05) is 23.8 Å². The molecule has 33 heavy (non-hydrogen) atoms. The summed E-state index contributed by atoms with van der Waals surface area (Å²) in [5.74, 6) is 1.87. The van der Waals surface area contributed by atoms with Gasteiger partial charge in [0.15, 0.2) is 11.0 Å². The average Bonchev–Trinajstić information content (AvgIpc) is 3.54. The summed E-state index contributed by atoms with van der Waals surface area (Å²) in [5.41, 5.74) is 3.68. The Morgan fingerprint density at radius 2 is 2.15 bits per heavy atom. The average molecular weight is 482 g/mol. The monoisotopic (exact) mass is 481 g/mol. The third-order valence-electron chi connectivity index (χ3n) is 6.06. The van der Waals surface area contributed by atoms with E-state index in [1.54, 1.807) is 29.2 Å². The smallest absolute Gasteiger partial charge is 0.336 e. The molecule has 1 saturated heterocycles. The van der Waals surface area contributed by atoms with Gasteiger partial charge in [-0.1, -0.05) is 31.7 Å². The minimum atomic E-state index is -0.324. The molecule has 0 saturated carbocycles. The number of hydrogen-bond acceptors (Lipinski definition) is 7. The Hall–Kier alpha value is -2.42. The Bertz CT molecular complexity index is 1320. The highest BCUT2D eigenvalue weighted by molar-refractivity contribution is 7.98. The Morgan fingerprint density at radius 1 is 1.27 bits per heavy atom. The van der Waals surface area contributed by atoms with Crippen LogP contribution in [0.1, 0.15) is 49.3 Å². The first-order chi connectivity index (χ1) is 16.0. The maximum absolute atomic E-state index is 12.3. The van der Waals surface area contributed by atoms with Crippen LogP contribution >= 0.6 is 23.1 Å². The van der Waals surface area contributed by atoms with Gasteiger partial charge in [-0.2, -0.15) is 0 Å². The van der Waals surface area contributed by atoms with E-state index in [9.17, 15) is 4.79 Å². The van der Waals surface area contributed by atoms with Gasteiger partial charge in [0.1, 0.15) is 5.58 Å². The maximum Gasteiger partial charge on any atom is 0.336 e. The summed E-state index contributed by atoms with van der Waals surface area (Å²) in [6.07, 6.45) is 2.32. The highest BCUT2D eigenvalue weighted by atomic mass is 32.2. The molecule has 3 aromatic heterocycles. The number of rotatable bonds is 7. The summed E-state index contributed by atoms with van der Waals surface area (Å²) in [4.78, 5) is 13.4. The van der Waals surface area contributed by atoms with Crippen LogP contribution in [-0.2, 0) is 17.0 Å². The van der Waals surface area contributed by atoms with Crippen LogP contribution in [-0.4, -0.2) is 27.5 Å². The molecule has 8 heteroatoms. The normalized spacial score (nSPS) is 16.3. The minimum Gasteiger partial charge on any atom is -0.423 e. The highest BCUT2D eigenvalue weighted by Crippen LogP contribution is 2.33. The molecule has 4 heterocycles. The molecule has 0 bridgehead atoms. The molecule has 4 aromatic rings. The predicted molar refractivity (Wildman–Crippen MR) is 133 cm³/mol. The number of benzene rings is 1. The van der Waals surface area contributed by atoms with E-state index in [1.165, 1.54) is 5.56 Å². The Morgan fingerprint density at radius 3 is 2.88 bits per heavy atom. The third kappa shape index (κ3) is 4.65. The number of ether oxygens (including phenoxy) is 1. The number of thioether (sulfide) groups is 1. The van der Waals surface area contributed by atoms with Crippen molar-refractivity contribution in [3.05, 3.63) is 62.8 Å². The highest BCUT2D eigenvalue weighted by Gasteiger charge is 2.22. The van der Waals surface area contributed by atoms with Crippen molar-refractivity contribution >= 4 is 34.1 Å². The van der Waals surface area contributed by atoms with Crippen LogP contribution in [0.2, 0.25) is 0 Å². The molecule has 6 nitrogen and oxygen atoms in total. The summed E-state index contributed by atoms with van der Waals surface area (Å²) in [6.45, 7) is 7.97. The summed E-state index contributed by atoms with van der Waals surface area (Å²) in [7, 11) is 0. The molecule has 0 N–H and O–H groups in total. The molecule has 1 unspecified atom stereocenters. The van der Waals surface area contributed by atoms with Gasteiger partial charge in [-0.05, 0) is 66.0 Å². The minimum absolute atomic E-state index is 0.181. The fraction of sp³-hybridized carbons (Fsp3) is 0.400. The van der Waals surface area contributed by atoms with E-state index < -0.39 is 0 Å². The lowest BCUT2D eigenvalue weighted by atomic mass is 9.95.